The number of nitrogens with two attached hydrogens (primary N) is 1. The number of rotatable bonds is 9. The van der Waals surface area contributed by atoms with E-state index in [1.165, 1.54) is 32.2 Å². The number of nitrogens with zero attached hydrogens (tertiary/aromatic N) is 1. The molecule has 1 unspecified atom stereocenters. The molecular weight excluding hydrogens is 220 g/mol. The van der Waals surface area contributed by atoms with Crippen molar-refractivity contribution >= 4 is 0 Å². The Morgan fingerprint density at radius 3 is 2.11 bits per heavy atom. The van der Waals surface area contributed by atoms with Crippen molar-refractivity contribution < 1.29 is 0 Å². The minimum absolute atomic E-state index is 0.385. The van der Waals surface area contributed by atoms with E-state index in [0.717, 1.165) is 13.1 Å². The molecule has 0 fully saturated rings. The molecule has 1 atom stereocenters. The van der Waals surface area contributed by atoms with E-state index < -0.39 is 0 Å². The second-order valence-electron chi connectivity index (χ2n) is 7.16. The van der Waals surface area contributed by atoms with Crippen molar-refractivity contribution in [1.82, 2.24) is 4.90 Å². The molecule has 110 valence electrons. The van der Waals surface area contributed by atoms with Gasteiger partial charge in [0.25, 0.3) is 0 Å². The molecular formula is C16H36N2. The first kappa shape index (κ1) is 17.9. The van der Waals surface area contributed by atoms with Crippen LogP contribution >= 0.6 is 0 Å². The van der Waals surface area contributed by atoms with Crippen LogP contribution in [0.4, 0.5) is 0 Å². The summed E-state index contributed by atoms with van der Waals surface area (Å²) in [5, 5.41) is 0. The minimum atomic E-state index is 0.385. The van der Waals surface area contributed by atoms with Crippen LogP contribution < -0.4 is 5.73 Å². The highest BCUT2D eigenvalue weighted by Gasteiger charge is 2.21. The minimum Gasteiger partial charge on any atom is -0.330 e. The van der Waals surface area contributed by atoms with Gasteiger partial charge in [-0.15, -0.1) is 0 Å². The molecule has 0 aliphatic carbocycles. The van der Waals surface area contributed by atoms with Crippen molar-refractivity contribution in [2.45, 2.75) is 73.3 Å². The lowest BCUT2D eigenvalue weighted by atomic mass is 9.84. The predicted molar refractivity (Wildman–Crippen MR) is 82.9 cm³/mol. The van der Waals surface area contributed by atoms with Gasteiger partial charge >= 0.3 is 0 Å². The average Bonchev–Trinajstić information content (AvgIpc) is 2.24. The lowest BCUT2D eigenvalue weighted by molar-refractivity contribution is 0.160. The van der Waals surface area contributed by atoms with Crippen LogP contribution in [0.3, 0.4) is 0 Å². The average molecular weight is 256 g/mol. The highest BCUT2D eigenvalue weighted by atomic mass is 15.1. The molecule has 0 heterocycles. The molecule has 0 saturated heterocycles. The Kier molecular flexibility index (Phi) is 8.89. The standard InChI is InChI=1S/C16H36N2/c1-7-8-9-10-18(14(2)3)13-15(12-17)11-16(4,5)6/h14-15H,7-13,17H2,1-6H3. The van der Waals surface area contributed by atoms with Crippen molar-refractivity contribution in [1.29, 1.82) is 0 Å². The van der Waals surface area contributed by atoms with Crippen LogP contribution in [0.15, 0.2) is 0 Å². The van der Waals surface area contributed by atoms with Crippen LogP contribution in [0.25, 0.3) is 0 Å². The largest absolute Gasteiger partial charge is 0.330 e. The lowest BCUT2D eigenvalue weighted by Crippen LogP contribution is -2.39. The molecule has 2 N–H and O–H groups in total. The maximum absolute atomic E-state index is 5.96. The van der Waals surface area contributed by atoms with E-state index in [0.29, 0.717) is 17.4 Å². The first-order valence-electron chi connectivity index (χ1n) is 7.74. The van der Waals surface area contributed by atoms with E-state index in [2.05, 4.69) is 46.4 Å². The van der Waals surface area contributed by atoms with Gasteiger partial charge in [-0.3, -0.25) is 0 Å². The van der Waals surface area contributed by atoms with Crippen molar-refractivity contribution in [3.05, 3.63) is 0 Å². The van der Waals surface area contributed by atoms with Crippen molar-refractivity contribution in [2.75, 3.05) is 19.6 Å². The SMILES string of the molecule is CCCCCN(CC(CN)CC(C)(C)C)C(C)C. The number of unbranched alkanes of at least 4 members (excludes halogenated alkanes) is 2. The molecule has 2 nitrogen and oxygen atoms in total. The first-order valence-corrected chi connectivity index (χ1v) is 7.74. The van der Waals surface area contributed by atoms with E-state index in [4.69, 9.17) is 5.73 Å². The van der Waals surface area contributed by atoms with Gasteiger partial charge in [-0.25, -0.2) is 0 Å². The molecule has 0 aliphatic rings. The first-order chi connectivity index (χ1) is 8.30. The van der Waals surface area contributed by atoms with Gasteiger partial charge in [0, 0.05) is 12.6 Å². The summed E-state index contributed by atoms with van der Waals surface area (Å²) >= 11 is 0. The number of hydrogen-bond acceptors (Lipinski definition) is 2. The van der Waals surface area contributed by atoms with Gasteiger partial charge in [0.2, 0.25) is 0 Å². The fourth-order valence-electron chi connectivity index (χ4n) is 2.55. The van der Waals surface area contributed by atoms with Crippen LogP contribution in [-0.4, -0.2) is 30.6 Å². The van der Waals surface area contributed by atoms with Gasteiger partial charge < -0.3 is 10.6 Å². The summed E-state index contributed by atoms with van der Waals surface area (Å²) in [6.07, 6.45) is 5.19. The molecule has 0 saturated carbocycles. The summed E-state index contributed by atoms with van der Waals surface area (Å²) < 4.78 is 0. The molecule has 0 spiro atoms. The van der Waals surface area contributed by atoms with Gasteiger partial charge in [0.15, 0.2) is 0 Å². The molecule has 0 rings (SSSR count). The summed E-state index contributed by atoms with van der Waals surface area (Å²) in [6, 6.07) is 0.635. The normalized spacial score (nSPS) is 14.5. The molecule has 0 bridgehead atoms. The van der Waals surface area contributed by atoms with Crippen molar-refractivity contribution in [3.8, 4) is 0 Å². The van der Waals surface area contributed by atoms with E-state index in [1.807, 2.05) is 0 Å². The summed E-state index contributed by atoms with van der Waals surface area (Å²) in [5.74, 6) is 0.633. The van der Waals surface area contributed by atoms with E-state index in [1.54, 1.807) is 0 Å². The Labute approximate surface area is 115 Å². The Hall–Kier alpha value is -0.0800. The fourth-order valence-corrected chi connectivity index (χ4v) is 2.55. The van der Waals surface area contributed by atoms with E-state index >= 15 is 0 Å². The van der Waals surface area contributed by atoms with Crippen LogP contribution in [0.1, 0.15) is 67.2 Å². The predicted octanol–water partition coefficient (Wildman–Crippen LogP) is 3.90. The zero-order valence-electron chi connectivity index (χ0n) is 13.6. The Morgan fingerprint density at radius 2 is 1.72 bits per heavy atom. The third-order valence-corrected chi connectivity index (χ3v) is 3.51. The zero-order valence-corrected chi connectivity index (χ0v) is 13.6. The topological polar surface area (TPSA) is 29.3 Å². The summed E-state index contributed by atoms with van der Waals surface area (Å²) in [6.45, 7) is 17.0. The van der Waals surface area contributed by atoms with Gasteiger partial charge in [0.1, 0.15) is 0 Å². The van der Waals surface area contributed by atoms with Gasteiger partial charge in [0.05, 0.1) is 0 Å². The molecule has 0 aliphatic heterocycles. The smallest absolute Gasteiger partial charge is 0.00387 e. The van der Waals surface area contributed by atoms with Crippen LogP contribution in [0.5, 0.6) is 0 Å². The Bertz CT molecular complexity index is 194. The number of hydrogen-bond donors (Lipinski definition) is 1. The second kappa shape index (κ2) is 8.92. The third-order valence-electron chi connectivity index (χ3n) is 3.51. The quantitative estimate of drug-likeness (QED) is 0.634. The maximum Gasteiger partial charge on any atom is 0.00387 e. The molecule has 0 amide bonds. The van der Waals surface area contributed by atoms with Crippen LogP contribution in [0.2, 0.25) is 0 Å². The highest BCUT2D eigenvalue weighted by molar-refractivity contribution is 4.75. The molecule has 18 heavy (non-hydrogen) atoms. The molecule has 0 radical (unpaired) electrons. The van der Waals surface area contributed by atoms with Gasteiger partial charge in [-0.2, -0.15) is 0 Å². The van der Waals surface area contributed by atoms with Crippen molar-refractivity contribution in [2.24, 2.45) is 17.1 Å². The maximum atomic E-state index is 5.96. The third kappa shape index (κ3) is 8.93. The Balaban J connectivity index is 4.26. The lowest BCUT2D eigenvalue weighted by Gasteiger charge is -2.33. The second-order valence-corrected chi connectivity index (χ2v) is 7.16. The molecule has 0 aromatic heterocycles. The van der Waals surface area contributed by atoms with E-state index in [-0.39, 0.29) is 0 Å². The fraction of sp³-hybridized carbons (Fsp3) is 1.00. The Morgan fingerprint density at radius 1 is 1.11 bits per heavy atom. The highest BCUT2D eigenvalue weighted by Crippen LogP contribution is 2.25. The van der Waals surface area contributed by atoms with E-state index in [9.17, 15) is 0 Å². The van der Waals surface area contributed by atoms with Gasteiger partial charge in [-0.1, -0.05) is 40.5 Å². The summed E-state index contributed by atoms with van der Waals surface area (Å²) in [4.78, 5) is 2.61. The molecule has 0 aromatic rings. The van der Waals surface area contributed by atoms with Crippen LogP contribution in [-0.2, 0) is 0 Å². The van der Waals surface area contributed by atoms with Gasteiger partial charge in [-0.05, 0) is 51.1 Å². The van der Waals surface area contributed by atoms with Crippen LogP contribution in [0, 0.1) is 11.3 Å². The summed E-state index contributed by atoms with van der Waals surface area (Å²) in [7, 11) is 0. The summed E-state index contributed by atoms with van der Waals surface area (Å²) in [5.41, 5.74) is 6.34. The zero-order chi connectivity index (χ0) is 14.2. The molecule has 2 heteroatoms. The van der Waals surface area contributed by atoms with Crippen molar-refractivity contribution in [3.63, 3.8) is 0 Å². The monoisotopic (exact) mass is 256 g/mol. The molecule has 0 aromatic carbocycles.